The van der Waals surface area contributed by atoms with Crippen LogP contribution in [0.5, 0.6) is 11.5 Å². The molecule has 5 rings (SSSR count). The summed E-state index contributed by atoms with van der Waals surface area (Å²) < 4.78 is 5.35. The number of carbonyl (C=O) groups is 2. The Kier molecular flexibility index (Phi) is 5.74. The minimum atomic E-state index is -0.782. The molecular weight excluding hydrogens is 444 g/mol. The Morgan fingerprint density at radius 3 is 2.49 bits per heavy atom. The van der Waals surface area contributed by atoms with E-state index in [1.54, 1.807) is 43.5 Å². The number of aromatic hydroxyl groups is 1. The lowest BCUT2D eigenvalue weighted by Gasteiger charge is -2.25. The maximum Gasteiger partial charge on any atom is 0.295 e. The second kappa shape index (κ2) is 9.02. The lowest BCUT2D eigenvalue weighted by atomic mass is 9.95. The van der Waals surface area contributed by atoms with Gasteiger partial charge < -0.3 is 24.8 Å². The van der Waals surface area contributed by atoms with Gasteiger partial charge in [-0.2, -0.15) is 0 Å². The number of Topliss-reactive ketones (excluding diaryl/α,β-unsaturated/α-hetero) is 1. The number of ether oxygens (including phenoxy) is 1. The maximum atomic E-state index is 13.2. The number of methoxy groups -OCH3 is 1. The quantitative estimate of drug-likeness (QED) is 0.219. The lowest BCUT2D eigenvalue weighted by molar-refractivity contribution is -0.139. The predicted molar refractivity (Wildman–Crippen MR) is 132 cm³/mol. The largest absolute Gasteiger partial charge is 0.508 e. The van der Waals surface area contributed by atoms with Crippen molar-refractivity contribution in [2.75, 3.05) is 13.7 Å². The van der Waals surface area contributed by atoms with Gasteiger partial charge >= 0.3 is 0 Å². The number of fused-ring (bicyclic) bond motifs is 1. The number of carbonyl (C=O) groups excluding carboxylic acids is 2. The van der Waals surface area contributed by atoms with Gasteiger partial charge in [-0.05, 0) is 47.9 Å². The zero-order chi connectivity index (χ0) is 24.5. The van der Waals surface area contributed by atoms with Crippen molar-refractivity contribution in [3.8, 4) is 11.5 Å². The lowest BCUT2D eigenvalue weighted by Crippen LogP contribution is -2.31. The molecule has 1 atom stereocenters. The first kappa shape index (κ1) is 22.3. The number of aromatic amines is 1. The summed E-state index contributed by atoms with van der Waals surface area (Å²) in [5.74, 6) is -0.823. The van der Waals surface area contributed by atoms with Gasteiger partial charge in [0.2, 0.25) is 0 Å². The van der Waals surface area contributed by atoms with Gasteiger partial charge in [0.1, 0.15) is 17.3 Å². The smallest absolute Gasteiger partial charge is 0.295 e. The second-order valence-corrected chi connectivity index (χ2v) is 8.43. The van der Waals surface area contributed by atoms with Crippen LogP contribution in [0.15, 0.2) is 84.6 Å². The molecule has 1 fully saturated rings. The van der Waals surface area contributed by atoms with E-state index in [1.807, 2.05) is 30.5 Å². The standard InChI is InChI=1S/C28H24N2O5/c1-35-21-11-12-23-22(15-21)19(16-29-23)13-14-30-25(17-7-9-20(31)10-8-17)24(27(33)28(30)34)26(32)18-5-3-2-4-6-18/h2-12,15-16,25,29,31-32H,13-14H2,1H3/t25-/m0/s1. The minimum Gasteiger partial charge on any atom is -0.508 e. The fourth-order valence-corrected chi connectivity index (χ4v) is 4.60. The van der Waals surface area contributed by atoms with Crippen molar-refractivity contribution in [3.05, 3.63) is 101 Å². The summed E-state index contributed by atoms with van der Waals surface area (Å²) in [6.07, 6.45) is 2.38. The third-order valence-corrected chi connectivity index (χ3v) is 6.39. The number of rotatable bonds is 6. The Morgan fingerprint density at radius 1 is 1.03 bits per heavy atom. The van der Waals surface area contributed by atoms with Gasteiger partial charge in [0.25, 0.3) is 11.7 Å². The predicted octanol–water partition coefficient (Wildman–Crippen LogP) is 4.55. The molecule has 1 aromatic heterocycles. The number of amides is 1. The fraction of sp³-hybridized carbons (Fsp3) is 0.143. The van der Waals surface area contributed by atoms with Crippen molar-refractivity contribution in [2.45, 2.75) is 12.5 Å². The Morgan fingerprint density at radius 2 is 1.77 bits per heavy atom. The molecule has 0 aliphatic carbocycles. The zero-order valence-corrected chi connectivity index (χ0v) is 19.1. The summed E-state index contributed by atoms with van der Waals surface area (Å²) in [5, 5.41) is 21.8. The van der Waals surface area contributed by atoms with Gasteiger partial charge in [-0.1, -0.05) is 42.5 Å². The molecule has 0 unspecified atom stereocenters. The molecule has 1 amide bonds. The molecular formula is C28H24N2O5. The molecule has 1 saturated heterocycles. The summed E-state index contributed by atoms with van der Waals surface area (Å²) in [6.45, 7) is 0.256. The van der Waals surface area contributed by atoms with E-state index in [4.69, 9.17) is 4.74 Å². The van der Waals surface area contributed by atoms with Gasteiger partial charge in [-0.15, -0.1) is 0 Å². The van der Waals surface area contributed by atoms with Crippen molar-refractivity contribution in [3.63, 3.8) is 0 Å². The van der Waals surface area contributed by atoms with Crippen molar-refractivity contribution in [1.82, 2.24) is 9.88 Å². The van der Waals surface area contributed by atoms with E-state index in [9.17, 15) is 19.8 Å². The topological polar surface area (TPSA) is 103 Å². The van der Waals surface area contributed by atoms with Crippen molar-refractivity contribution < 1.29 is 24.5 Å². The molecule has 35 heavy (non-hydrogen) atoms. The Hall–Kier alpha value is -4.52. The Balaban J connectivity index is 1.55. The summed E-state index contributed by atoms with van der Waals surface area (Å²) in [5.41, 5.74) is 3.04. The average molecular weight is 469 g/mol. The van der Waals surface area contributed by atoms with E-state index < -0.39 is 17.7 Å². The van der Waals surface area contributed by atoms with Crippen molar-refractivity contribution in [2.24, 2.45) is 0 Å². The monoisotopic (exact) mass is 468 g/mol. The van der Waals surface area contributed by atoms with Gasteiger partial charge in [-0.3, -0.25) is 9.59 Å². The van der Waals surface area contributed by atoms with E-state index in [-0.39, 0.29) is 23.6 Å². The summed E-state index contributed by atoms with van der Waals surface area (Å²) >= 11 is 0. The molecule has 176 valence electrons. The number of ketones is 1. The highest BCUT2D eigenvalue weighted by Gasteiger charge is 2.45. The molecule has 2 heterocycles. The van der Waals surface area contributed by atoms with Crippen LogP contribution >= 0.6 is 0 Å². The third kappa shape index (κ3) is 4.01. The number of nitrogens with zero attached hydrogens (tertiary/aromatic N) is 1. The van der Waals surface area contributed by atoms with Crippen LogP contribution in [-0.2, 0) is 16.0 Å². The number of phenolic OH excluding ortho intramolecular Hbond substituents is 1. The number of phenols is 1. The van der Waals surface area contributed by atoms with E-state index in [0.29, 0.717) is 17.5 Å². The molecule has 4 aromatic rings. The second-order valence-electron chi connectivity index (χ2n) is 8.43. The molecule has 7 nitrogen and oxygen atoms in total. The van der Waals surface area contributed by atoms with Crippen LogP contribution in [-0.4, -0.2) is 45.4 Å². The van der Waals surface area contributed by atoms with Crippen LogP contribution in [0.4, 0.5) is 0 Å². The number of aliphatic hydroxyl groups is 1. The number of nitrogens with one attached hydrogen (secondary N) is 1. The number of likely N-dealkylation sites (tertiary alicyclic amines) is 1. The number of hydrogen-bond acceptors (Lipinski definition) is 5. The maximum absolute atomic E-state index is 13.2. The van der Waals surface area contributed by atoms with Crippen molar-refractivity contribution in [1.29, 1.82) is 0 Å². The van der Waals surface area contributed by atoms with Crippen LogP contribution in [0, 0.1) is 0 Å². The third-order valence-electron chi connectivity index (χ3n) is 6.39. The normalized spacial score (nSPS) is 17.3. The van der Waals surface area contributed by atoms with Crippen LogP contribution < -0.4 is 4.74 Å². The first-order valence-corrected chi connectivity index (χ1v) is 11.2. The molecule has 0 bridgehead atoms. The van der Waals surface area contributed by atoms with Gasteiger partial charge in [-0.25, -0.2) is 0 Å². The summed E-state index contributed by atoms with van der Waals surface area (Å²) in [6, 6.07) is 20.0. The Labute approximate surface area is 201 Å². The number of hydrogen-bond donors (Lipinski definition) is 3. The van der Waals surface area contributed by atoms with Crippen LogP contribution in [0.1, 0.15) is 22.7 Å². The van der Waals surface area contributed by atoms with Crippen LogP contribution in [0.3, 0.4) is 0 Å². The number of aromatic nitrogens is 1. The van der Waals surface area contributed by atoms with Crippen LogP contribution in [0.2, 0.25) is 0 Å². The molecule has 0 saturated carbocycles. The molecule has 1 aliphatic heterocycles. The van der Waals surface area contributed by atoms with E-state index >= 15 is 0 Å². The fourth-order valence-electron chi connectivity index (χ4n) is 4.60. The first-order chi connectivity index (χ1) is 17.0. The average Bonchev–Trinajstić information content (AvgIpc) is 3.41. The number of benzene rings is 3. The van der Waals surface area contributed by atoms with E-state index in [2.05, 4.69) is 4.98 Å². The van der Waals surface area contributed by atoms with E-state index in [1.165, 1.54) is 17.0 Å². The first-order valence-electron chi connectivity index (χ1n) is 11.2. The molecule has 0 spiro atoms. The SMILES string of the molecule is COc1ccc2[nH]cc(CCN3C(=O)C(=O)C(=C(O)c4ccccc4)[C@@H]3c3ccc(O)cc3)c2c1. The van der Waals surface area contributed by atoms with Crippen LogP contribution in [0.25, 0.3) is 16.7 Å². The number of H-pyrrole nitrogens is 1. The van der Waals surface area contributed by atoms with Crippen molar-refractivity contribution >= 4 is 28.4 Å². The minimum absolute atomic E-state index is 0.0347. The van der Waals surface area contributed by atoms with Gasteiger partial charge in [0, 0.05) is 29.2 Å². The highest BCUT2D eigenvalue weighted by Crippen LogP contribution is 2.40. The highest BCUT2D eigenvalue weighted by atomic mass is 16.5. The molecule has 0 radical (unpaired) electrons. The summed E-state index contributed by atoms with van der Waals surface area (Å²) in [4.78, 5) is 31.1. The Bertz CT molecular complexity index is 1440. The number of aliphatic hydroxyl groups excluding tert-OH is 1. The molecule has 7 heteroatoms. The molecule has 3 aromatic carbocycles. The molecule has 1 aliphatic rings. The summed E-state index contributed by atoms with van der Waals surface area (Å²) in [7, 11) is 1.61. The molecule has 3 N–H and O–H groups in total. The van der Waals surface area contributed by atoms with Gasteiger partial charge in [0.15, 0.2) is 0 Å². The highest BCUT2D eigenvalue weighted by molar-refractivity contribution is 6.46. The van der Waals surface area contributed by atoms with E-state index in [0.717, 1.165) is 22.2 Å². The van der Waals surface area contributed by atoms with Gasteiger partial charge in [0.05, 0.1) is 18.7 Å². The zero-order valence-electron chi connectivity index (χ0n) is 19.1.